The molecule has 0 spiro atoms. The van der Waals surface area contributed by atoms with Gasteiger partial charge in [0.2, 0.25) is 35.4 Å². The zero-order valence-electron chi connectivity index (χ0n) is 43.1. The summed E-state index contributed by atoms with van der Waals surface area (Å²) in [5.74, 6) is 0.696. The summed E-state index contributed by atoms with van der Waals surface area (Å²) in [5, 5.41) is 26.7. The number of carboxylic acids is 2. The van der Waals surface area contributed by atoms with E-state index in [1.54, 1.807) is 24.3 Å². The number of ether oxygens (including phenoxy) is 4. The average Bonchev–Trinajstić information content (AvgIpc) is 4.23. The Labute approximate surface area is 461 Å². The number of carbonyl (C=O) groups is 4. The molecule has 6 aromatic rings. The number of nitrogens with one attached hydrogen (secondary N) is 3. The highest BCUT2D eigenvalue weighted by Crippen LogP contribution is 2.52. The molecule has 2 atom stereocenters. The second-order valence-electron chi connectivity index (χ2n) is 20.4. The van der Waals surface area contributed by atoms with Crippen molar-refractivity contribution in [3.8, 4) is 45.3 Å². The van der Waals surface area contributed by atoms with Crippen LogP contribution in [-0.4, -0.2) is 93.9 Å². The zero-order valence-corrected chi connectivity index (χ0v) is 45.5. The van der Waals surface area contributed by atoms with Crippen LogP contribution in [0.1, 0.15) is 73.6 Å². The lowest BCUT2D eigenvalue weighted by Gasteiger charge is -2.21. The fraction of sp³-hybridized carbons (Fsp3) is 0.310. The van der Waals surface area contributed by atoms with Crippen LogP contribution in [0.3, 0.4) is 0 Å². The minimum atomic E-state index is -3.93. The quantitative estimate of drug-likeness (QED) is 0.0676. The highest BCUT2D eigenvalue weighted by atomic mass is 35.7. The van der Waals surface area contributed by atoms with Gasteiger partial charge < -0.3 is 45.1 Å². The topological polar surface area (TPSA) is 253 Å². The van der Waals surface area contributed by atoms with Crippen molar-refractivity contribution in [2.75, 3.05) is 37.3 Å². The number of anilines is 2. The minimum Gasteiger partial charge on any atom is -0.480 e. The maximum atomic E-state index is 13.4. The van der Waals surface area contributed by atoms with Crippen molar-refractivity contribution in [3.63, 3.8) is 0 Å². The minimum absolute atomic E-state index is 0.0458. The summed E-state index contributed by atoms with van der Waals surface area (Å²) in [4.78, 5) is 48.4. The number of carboxylic acid groups (broad SMARTS) is 2. The van der Waals surface area contributed by atoms with Crippen LogP contribution < -0.4 is 34.9 Å². The molecule has 21 heteroatoms. The number of sulfonamides is 1. The second-order valence-corrected chi connectivity index (χ2v) is 24.8. The van der Waals surface area contributed by atoms with E-state index in [-0.39, 0.29) is 47.8 Å². The largest absolute Gasteiger partial charge is 0.480 e. The van der Waals surface area contributed by atoms with Crippen LogP contribution >= 0.6 is 10.7 Å². The Hall–Kier alpha value is -7.49. The number of aryl methyl sites for hydroxylation is 2. The van der Waals surface area contributed by atoms with E-state index < -0.39 is 47.9 Å². The summed E-state index contributed by atoms with van der Waals surface area (Å²) in [5.41, 5.74) is 7.31. The Morgan fingerprint density at radius 1 is 0.582 bits per heavy atom. The zero-order chi connectivity index (χ0) is 55.9. The fourth-order valence-corrected chi connectivity index (χ4v) is 12.8. The van der Waals surface area contributed by atoms with Crippen molar-refractivity contribution in [1.82, 2.24) is 9.62 Å². The van der Waals surface area contributed by atoms with Gasteiger partial charge in [-0.2, -0.15) is 4.31 Å². The van der Waals surface area contributed by atoms with Crippen LogP contribution in [0.2, 0.25) is 0 Å². The third-order valence-electron chi connectivity index (χ3n) is 15.3. The standard InChI is InChI=1S/C29H28N2O7S.C24H20ClNO5S.C5H9NO2/c1-18-4-8-21(30-28(34)29(12-13-29)20-7-11-25-26(15-20)38-17-37-25)16-23(18)19-5-9-22(10-6-19)39(35,36)31-14-2-3-24(31)27(32)33;1-15-2-6-18(13-20(15)16-3-7-19(8-4-16)32(25,28)29)26-23(27)24(10-11-24)17-5-9-21-22(12-17)31-14-30-21;7-5(8)4-2-1-3-6-4/h4-11,15-16,24H,2-3,12-14,17H2,1H3,(H,30,34)(H,32,33);2-9,12-13H,10-11,14H2,1H3,(H,26,27);4,6H,1-3H2,(H,7,8)/t24-;;4-/m0.0/s1. The van der Waals surface area contributed by atoms with Gasteiger partial charge in [0.1, 0.15) is 12.1 Å². The molecule has 0 aromatic heterocycles. The summed E-state index contributed by atoms with van der Waals surface area (Å²) >= 11 is 0. The molecule has 2 aliphatic carbocycles. The number of aliphatic carboxylic acids is 2. The van der Waals surface area contributed by atoms with Crippen LogP contribution in [0.15, 0.2) is 131 Å². The second kappa shape index (κ2) is 22.0. The smallest absolute Gasteiger partial charge is 0.322 e. The summed E-state index contributed by atoms with van der Waals surface area (Å²) in [6.07, 6.45) is 5.63. The first-order chi connectivity index (χ1) is 37.8. The molecule has 5 N–H and O–H groups in total. The van der Waals surface area contributed by atoms with Crippen molar-refractivity contribution in [2.24, 2.45) is 0 Å². The predicted molar refractivity (Wildman–Crippen MR) is 294 cm³/mol. The van der Waals surface area contributed by atoms with Crippen LogP contribution in [-0.2, 0) is 49.1 Å². The van der Waals surface area contributed by atoms with Crippen LogP contribution in [0.25, 0.3) is 22.3 Å². The number of rotatable bonds is 13. The van der Waals surface area contributed by atoms with Crippen LogP contribution in [0, 0.1) is 13.8 Å². The Morgan fingerprint density at radius 3 is 1.46 bits per heavy atom. The molecule has 6 aromatic carbocycles. The SMILES string of the molecule is Cc1ccc(NC(=O)C2(c3ccc4c(c3)OCO4)CC2)cc1-c1ccc(S(=O)(=O)Cl)cc1.Cc1ccc(NC(=O)C2(c3ccc4c(c3)OCO4)CC2)cc1-c1ccc(S(=O)(=O)N2CCC[C@H]2C(=O)O)cc1.O=C(O)[C@@H]1CCCN1. The Morgan fingerprint density at radius 2 is 1.05 bits per heavy atom. The van der Waals surface area contributed by atoms with E-state index in [0.717, 1.165) is 93.9 Å². The van der Waals surface area contributed by atoms with Gasteiger partial charge >= 0.3 is 11.9 Å². The van der Waals surface area contributed by atoms with Gasteiger partial charge in [0.05, 0.1) is 20.6 Å². The molecular weight excluding hydrogens is 1080 g/mol. The molecule has 2 saturated carbocycles. The maximum Gasteiger partial charge on any atom is 0.322 e. The first-order valence-corrected chi connectivity index (χ1v) is 29.5. The highest BCUT2D eigenvalue weighted by molar-refractivity contribution is 8.13. The number of hydrogen-bond acceptors (Lipinski definition) is 13. The van der Waals surface area contributed by atoms with E-state index in [1.807, 2.05) is 86.6 Å². The number of hydrogen-bond donors (Lipinski definition) is 5. The Balaban J connectivity index is 0.000000158. The number of nitrogens with zero attached hydrogens (tertiary/aromatic N) is 1. The molecule has 2 amide bonds. The van der Waals surface area contributed by atoms with E-state index in [9.17, 15) is 41.1 Å². The van der Waals surface area contributed by atoms with Gasteiger partial charge in [-0.1, -0.05) is 48.5 Å². The number of carbonyl (C=O) groups excluding carboxylic acids is 2. The molecule has 18 nitrogen and oxygen atoms in total. The molecule has 0 unspecified atom stereocenters. The molecule has 0 radical (unpaired) electrons. The monoisotopic (exact) mass is 1130 g/mol. The molecule has 12 rings (SSSR count). The summed E-state index contributed by atoms with van der Waals surface area (Å²) < 4.78 is 72.0. The molecule has 6 aliphatic rings. The van der Waals surface area contributed by atoms with Gasteiger partial charge in [-0.05, 0) is 189 Å². The van der Waals surface area contributed by atoms with Gasteiger partial charge in [0, 0.05) is 28.6 Å². The average molecular weight is 1130 g/mol. The van der Waals surface area contributed by atoms with E-state index in [4.69, 9.17) is 34.7 Å². The molecular formula is C58H57ClN4O14S2. The van der Waals surface area contributed by atoms with Gasteiger partial charge in [0.15, 0.2) is 23.0 Å². The maximum absolute atomic E-state index is 13.4. The van der Waals surface area contributed by atoms with Crippen molar-refractivity contribution in [3.05, 3.63) is 144 Å². The molecule has 4 heterocycles. The molecule has 412 valence electrons. The van der Waals surface area contributed by atoms with Crippen LogP contribution in [0.4, 0.5) is 11.4 Å². The molecule has 0 bridgehead atoms. The van der Waals surface area contributed by atoms with Crippen LogP contribution in [0.5, 0.6) is 23.0 Å². The van der Waals surface area contributed by atoms with Gasteiger partial charge in [-0.15, -0.1) is 0 Å². The van der Waals surface area contributed by atoms with E-state index in [1.165, 1.54) is 24.3 Å². The molecule has 4 aliphatic heterocycles. The summed E-state index contributed by atoms with van der Waals surface area (Å²) in [6.45, 7) is 5.33. The normalized spacial score (nSPS) is 19.0. The lowest BCUT2D eigenvalue weighted by Crippen LogP contribution is -2.40. The van der Waals surface area contributed by atoms with E-state index >= 15 is 0 Å². The van der Waals surface area contributed by atoms with E-state index in [0.29, 0.717) is 47.2 Å². The molecule has 4 fully saturated rings. The van der Waals surface area contributed by atoms with Crippen molar-refractivity contribution in [1.29, 1.82) is 0 Å². The lowest BCUT2D eigenvalue weighted by molar-refractivity contribution is -0.141. The Kier molecular flexibility index (Phi) is 15.3. The predicted octanol–water partition coefficient (Wildman–Crippen LogP) is 9.11. The number of benzene rings is 6. The van der Waals surface area contributed by atoms with Crippen molar-refractivity contribution < 1.29 is 65.2 Å². The van der Waals surface area contributed by atoms with Gasteiger partial charge in [-0.3, -0.25) is 19.2 Å². The first-order valence-electron chi connectivity index (χ1n) is 25.8. The summed E-state index contributed by atoms with van der Waals surface area (Å²) in [7, 11) is -2.29. The van der Waals surface area contributed by atoms with Crippen molar-refractivity contribution >= 4 is 64.9 Å². The lowest BCUT2D eigenvalue weighted by atomic mass is 9.94. The Bertz CT molecular complexity index is 3600. The molecule has 79 heavy (non-hydrogen) atoms. The first kappa shape index (κ1) is 54.8. The number of halogens is 1. The third kappa shape index (κ3) is 11.5. The fourth-order valence-electron chi connectivity index (χ4n) is 10.4. The molecule has 2 saturated heterocycles. The van der Waals surface area contributed by atoms with E-state index in [2.05, 4.69) is 16.0 Å². The van der Waals surface area contributed by atoms with Gasteiger partial charge in [0.25, 0.3) is 9.05 Å². The third-order valence-corrected chi connectivity index (χ3v) is 18.6. The van der Waals surface area contributed by atoms with Gasteiger partial charge in [-0.25, -0.2) is 16.8 Å². The summed E-state index contributed by atoms with van der Waals surface area (Å²) in [6, 6.07) is 34.1. The highest BCUT2D eigenvalue weighted by Gasteiger charge is 2.53. The number of amides is 2. The number of fused-ring (bicyclic) bond motifs is 2. The van der Waals surface area contributed by atoms with Crippen molar-refractivity contribution in [2.45, 2.75) is 97.9 Å².